The number of amides is 2. The van der Waals surface area contributed by atoms with Gasteiger partial charge >= 0.3 is 0 Å². The molecule has 1 aliphatic rings. The molecule has 1 aliphatic heterocycles. The summed E-state index contributed by atoms with van der Waals surface area (Å²) in [5.74, 6) is -0.657. The molecule has 0 fully saturated rings. The molecule has 0 bridgehead atoms. The van der Waals surface area contributed by atoms with Crippen LogP contribution in [0.25, 0.3) is 0 Å². The van der Waals surface area contributed by atoms with Crippen molar-refractivity contribution in [1.29, 1.82) is 0 Å². The minimum atomic E-state index is -0.565. The van der Waals surface area contributed by atoms with Crippen molar-refractivity contribution < 1.29 is 14.3 Å². The van der Waals surface area contributed by atoms with Crippen LogP contribution in [-0.4, -0.2) is 25.0 Å². The largest absolute Gasteiger partial charge is 0.488 e. The van der Waals surface area contributed by atoms with E-state index in [-0.39, 0.29) is 18.2 Å². The van der Waals surface area contributed by atoms with E-state index < -0.39 is 5.91 Å². The van der Waals surface area contributed by atoms with Gasteiger partial charge in [0.15, 0.2) is 5.76 Å². The lowest BCUT2D eigenvalue weighted by Gasteiger charge is -2.13. The van der Waals surface area contributed by atoms with Gasteiger partial charge in [0.2, 0.25) is 5.91 Å². The monoisotopic (exact) mass is 184 g/mol. The molecule has 0 aromatic heterocycles. The molecule has 5 nitrogen and oxygen atoms in total. The molecule has 3 N–H and O–H groups in total. The predicted octanol–water partition coefficient (Wildman–Crippen LogP) is -0.718. The van der Waals surface area contributed by atoms with Crippen LogP contribution in [0, 0.1) is 0 Å². The molecule has 1 heterocycles. The Bertz CT molecular complexity index is 248. The third-order valence-electron chi connectivity index (χ3n) is 1.58. The van der Waals surface area contributed by atoms with Crippen LogP contribution in [0.5, 0.6) is 0 Å². The Morgan fingerprint density at radius 2 is 2.38 bits per heavy atom. The Morgan fingerprint density at radius 1 is 1.62 bits per heavy atom. The number of nitrogens with one attached hydrogen (secondary N) is 1. The summed E-state index contributed by atoms with van der Waals surface area (Å²) in [5.41, 5.74) is 4.86. The molecule has 0 aliphatic carbocycles. The van der Waals surface area contributed by atoms with Crippen LogP contribution in [-0.2, 0) is 14.3 Å². The second-order valence-electron chi connectivity index (χ2n) is 2.71. The van der Waals surface area contributed by atoms with E-state index in [1.165, 1.54) is 0 Å². The normalized spacial score (nSPS) is 15.5. The van der Waals surface area contributed by atoms with Crippen molar-refractivity contribution in [2.45, 2.75) is 12.8 Å². The van der Waals surface area contributed by atoms with Crippen molar-refractivity contribution in [2.75, 3.05) is 13.2 Å². The highest BCUT2D eigenvalue weighted by Crippen LogP contribution is 2.09. The predicted molar refractivity (Wildman–Crippen MR) is 45.5 cm³/mol. The maximum absolute atomic E-state index is 11.2. The number of carbonyl (C=O) groups excluding carboxylic acids is 2. The Kier molecular flexibility index (Phi) is 3.31. The van der Waals surface area contributed by atoms with Crippen molar-refractivity contribution in [3.8, 4) is 0 Å². The van der Waals surface area contributed by atoms with Gasteiger partial charge in [-0.1, -0.05) is 0 Å². The molecule has 1 rings (SSSR count). The summed E-state index contributed by atoms with van der Waals surface area (Å²) in [5, 5.41) is 2.35. The number of rotatable bonds is 3. The summed E-state index contributed by atoms with van der Waals surface area (Å²) in [6, 6.07) is 0. The standard InChI is InChI=1S/C8H12N2O3/c9-7(11)5-10-8(12)6-3-1-2-4-13-6/h3H,1-2,4-5H2,(H2,9,11)(H,10,12). The number of nitrogens with two attached hydrogens (primary N) is 1. The lowest BCUT2D eigenvalue weighted by Crippen LogP contribution is -2.35. The van der Waals surface area contributed by atoms with Gasteiger partial charge in [0, 0.05) is 0 Å². The fourth-order valence-electron chi connectivity index (χ4n) is 0.970. The lowest BCUT2D eigenvalue weighted by molar-refractivity contribution is -0.124. The fraction of sp³-hybridized carbons (Fsp3) is 0.500. The number of allylic oxidation sites excluding steroid dienone is 1. The van der Waals surface area contributed by atoms with Crippen molar-refractivity contribution in [3.05, 3.63) is 11.8 Å². The molecule has 5 heteroatoms. The zero-order valence-electron chi connectivity index (χ0n) is 7.21. The first-order chi connectivity index (χ1) is 6.20. The summed E-state index contributed by atoms with van der Waals surface area (Å²) in [6.07, 6.45) is 3.46. The van der Waals surface area contributed by atoms with Crippen LogP contribution in [0.4, 0.5) is 0 Å². The van der Waals surface area contributed by atoms with E-state index in [1.54, 1.807) is 6.08 Å². The maximum atomic E-state index is 11.2. The van der Waals surface area contributed by atoms with E-state index in [0.717, 1.165) is 12.8 Å². The Balaban J connectivity index is 2.38. The lowest BCUT2D eigenvalue weighted by atomic mass is 10.2. The van der Waals surface area contributed by atoms with Crippen LogP contribution >= 0.6 is 0 Å². The quantitative estimate of drug-likeness (QED) is 0.607. The van der Waals surface area contributed by atoms with Crippen molar-refractivity contribution in [3.63, 3.8) is 0 Å². The Morgan fingerprint density at radius 3 is 2.92 bits per heavy atom. The first kappa shape index (κ1) is 9.57. The molecule has 2 amide bonds. The van der Waals surface area contributed by atoms with Gasteiger partial charge in [0.05, 0.1) is 13.2 Å². The molecule has 0 spiro atoms. The van der Waals surface area contributed by atoms with Gasteiger partial charge in [-0.2, -0.15) is 0 Å². The summed E-state index contributed by atoms with van der Waals surface area (Å²) in [7, 11) is 0. The van der Waals surface area contributed by atoms with Crippen LogP contribution < -0.4 is 11.1 Å². The van der Waals surface area contributed by atoms with Gasteiger partial charge in [0.1, 0.15) is 0 Å². The van der Waals surface area contributed by atoms with Gasteiger partial charge in [0.25, 0.3) is 5.91 Å². The molecule has 72 valence electrons. The highest BCUT2D eigenvalue weighted by Gasteiger charge is 2.13. The minimum absolute atomic E-state index is 0.153. The average molecular weight is 184 g/mol. The van der Waals surface area contributed by atoms with Gasteiger partial charge in [-0.3, -0.25) is 9.59 Å². The second-order valence-corrected chi connectivity index (χ2v) is 2.71. The molecule has 0 unspecified atom stereocenters. The summed E-state index contributed by atoms with van der Waals surface area (Å²) < 4.78 is 5.07. The SMILES string of the molecule is NC(=O)CNC(=O)C1=CCCCO1. The van der Waals surface area contributed by atoms with Crippen molar-refractivity contribution >= 4 is 11.8 Å². The van der Waals surface area contributed by atoms with Crippen LogP contribution in [0.1, 0.15) is 12.8 Å². The zero-order valence-corrected chi connectivity index (χ0v) is 7.21. The van der Waals surface area contributed by atoms with Crippen LogP contribution in [0.15, 0.2) is 11.8 Å². The van der Waals surface area contributed by atoms with Gasteiger partial charge in [-0.05, 0) is 18.9 Å². The van der Waals surface area contributed by atoms with Gasteiger partial charge in [-0.25, -0.2) is 0 Å². The first-order valence-electron chi connectivity index (χ1n) is 4.09. The minimum Gasteiger partial charge on any atom is -0.488 e. The highest BCUT2D eigenvalue weighted by atomic mass is 16.5. The van der Waals surface area contributed by atoms with E-state index in [9.17, 15) is 9.59 Å². The van der Waals surface area contributed by atoms with Gasteiger partial charge in [-0.15, -0.1) is 0 Å². The van der Waals surface area contributed by atoms with E-state index in [4.69, 9.17) is 10.5 Å². The zero-order chi connectivity index (χ0) is 9.68. The third kappa shape index (κ3) is 3.14. The molecule has 0 atom stereocenters. The molecule has 0 aromatic rings. The van der Waals surface area contributed by atoms with Gasteiger partial charge < -0.3 is 15.8 Å². The Labute approximate surface area is 75.9 Å². The van der Waals surface area contributed by atoms with E-state index in [2.05, 4.69) is 5.32 Å². The number of primary amides is 1. The van der Waals surface area contributed by atoms with E-state index in [1.807, 2.05) is 0 Å². The number of carbonyl (C=O) groups is 2. The number of hydrogen-bond donors (Lipinski definition) is 2. The smallest absolute Gasteiger partial charge is 0.286 e. The van der Waals surface area contributed by atoms with Crippen LogP contribution in [0.3, 0.4) is 0 Å². The number of ether oxygens (including phenoxy) is 1. The van der Waals surface area contributed by atoms with Crippen molar-refractivity contribution in [2.24, 2.45) is 5.73 Å². The first-order valence-corrected chi connectivity index (χ1v) is 4.09. The fourth-order valence-corrected chi connectivity index (χ4v) is 0.970. The molecule has 0 aromatic carbocycles. The topological polar surface area (TPSA) is 81.4 Å². The van der Waals surface area contributed by atoms with Crippen molar-refractivity contribution in [1.82, 2.24) is 5.32 Å². The average Bonchev–Trinajstić information content (AvgIpc) is 2.15. The molecule has 0 saturated carbocycles. The molecule has 0 saturated heterocycles. The third-order valence-corrected chi connectivity index (χ3v) is 1.58. The molecular formula is C8H12N2O3. The maximum Gasteiger partial charge on any atom is 0.286 e. The van der Waals surface area contributed by atoms with Crippen LogP contribution in [0.2, 0.25) is 0 Å². The Hall–Kier alpha value is -1.52. The molecule has 0 radical (unpaired) electrons. The molecule has 13 heavy (non-hydrogen) atoms. The highest BCUT2D eigenvalue weighted by molar-refractivity contribution is 5.93. The van der Waals surface area contributed by atoms with E-state index >= 15 is 0 Å². The van der Waals surface area contributed by atoms with E-state index in [0.29, 0.717) is 6.61 Å². The second kappa shape index (κ2) is 4.49. The summed E-state index contributed by atoms with van der Waals surface area (Å²) >= 11 is 0. The molecular weight excluding hydrogens is 172 g/mol. The summed E-state index contributed by atoms with van der Waals surface area (Å²) in [6.45, 7) is 0.398. The summed E-state index contributed by atoms with van der Waals surface area (Å²) in [4.78, 5) is 21.5. The number of hydrogen-bond acceptors (Lipinski definition) is 3.